The van der Waals surface area contributed by atoms with Crippen LogP contribution in [0.4, 0.5) is 11.6 Å². The number of sulfone groups is 1. The topological polar surface area (TPSA) is 143 Å². The van der Waals surface area contributed by atoms with E-state index in [1.807, 2.05) is 22.3 Å². The number of nitrogens with one attached hydrogen (secondary N) is 1. The number of aliphatic hydroxyl groups excluding tert-OH is 1. The summed E-state index contributed by atoms with van der Waals surface area (Å²) in [5.41, 5.74) is 8.38. The van der Waals surface area contributed by atoms with E-state index in [1.165, 1.54) is 4.52 Å². The van der Waals surface area contributed by atoms with Gasteiger partial charge in [-0.2, -0.15) is 0 Å². The van der Waals surface area contributed by atoms with Gasteiger partial charge in [0.1, 0.15) is 18.4 Å². The van der Waals surface area contributed by atoms with Gasteiger partial charge in [0.05, 0.1) is 33.8 Å². The average molecular weight is 491 g/mol. The smallest absolute Gasteiger partial charge is 0.164 e. The lowest BCUT2D eigenvalue weighted by atomic mass is 10.1. The molecule has 1 fully saturated rings. The molecule has 0 amide bonds. The van der Waals surface area contributed by atoms with Crippen LogP contribution in [0.3, 0.4) is 0 Å². The number of nitrogens with two attached hydrogens (primary N) is 1. The number of imidazole rings is 1. The van der Waals surface area contributed by atoms with Crippen LogP contribution >= 0.6 is 11.6 Å². The Morgan fingerprint density at radius 1 is 1.30 bits per heavy atom. The summed E-state index contributed by atoms with van der Waals surface area (Å²) in [5, 5.41) is 18.9. The largest absolute Gasteiger partial charge is 0.382 e. The Morgan fingerprint density at radius 2 is 2.06 bits per heavy atom. The van der Waals surface area contributed by atoms with Crippen molar-refractivity contribution in [1.82, 2.24) is 29.3 Å². The Balaban J connectivity index is 1.53. The molecular formula is C20H23ClN8O3S. The van der Waals surface area contributed by atoms with Crippen LogP contribution in [-0.4, -0.2) is 62.1 Å². The quantitative estimate of drug-likeness (QED) is 0.351. The second kappa shape index (κ2) is 8.13. The summed E-state index contributed by atoms with van der Waals surface area (Å²) in [5.74, 6) is 1.09. The van der Waals surface area contributed by atoms with Crippen molar-refractivity contribution in [3.05, 3.63) is 53.2 Å². The van der Waals surface area contributed by atoms with E-state index in [4.69, 9.17) is 17.3 Å². The molecule has 0 bridgehead atoms. The molecule has 0 radical (unpaired) electrons. The fourth-order valence-corrected chi connectivity index (χ4v) is 5.68. The van der Waals surface area contributed by atoms with Crippen LogP contribution < -0.4 is 16.0 Å². The first-order chi connectivity index (χ1) is 15.7. The van der Waals surface area contributed by atoms with E-state index >= 15 is 0 Å². The van der Waals surface area contributed by atoms with Crippen LogP contribution in [-0.2, 0) is 9.84 Å². The minimum atomic E-state index is -3.06. The Bertz CT molecular complexity index is 1440. The highest BCUT2D eigenvalue weighted by atomic mass is 35.5. The molecule has 5 rings (SSSR count). The monoisotopic (exact) mass is 490 g/mol. The summed E-state index contributed by atoms with van der Waals surface area (Å²) >= 11 is 6.53. The maximum Gasteiger partial charge on any atom is 0.164 e. The van der Waals surface area contributed by atoms with E-state index in [-0.39, 0.29) is 17.3 Å². The molecule has 5 heterocycles. The Morgan fingerprint density at radius 3 is 2.82 bits per heavy atom. The molecule has 0 spiro atoms. The molecule has 174 valence electrons. The van der Waals surface area contributed by atoms with E-state index in [0.717, 1.165) is 11.4 Å². The molecule has 1 aliphatic heterocycles. The zero-order valence-corrected chi connectivity index (χ0v) is 19.3. The average Bonchev–Trinajstić information content (AvgIpc) is 3.38. The third-order valence-electron chi connectivity index (χ3n) is 5.90. The Hall–Kier alpha value is -2.93. The zero-order valence-electron chi connectivity index (χ0n) is 17.8. The molecule has 0 aliphatic carbocycles. The van der Waals surface area contributed by atoms with Crippen molar-refractivity contribution in [3.8, 4) is 0 Å². The number of hydrogen-bond acceptors (Lipinski definition) is 9. The van der Waals surface area contributed by atoms with Crippen LogP contribution in [0, 0.1) is 0 Å². The number of aliphatic hydroxyl groups is 1. The predicted molar refractivity (Wildman–Crippen MR) is 125 cm³/mol. The van der Waals surface area contributed by atoms with Crippen LogP contribution in [0.5, 0.6) is 0 Å². The van der Waals surface area contributed by atoms with E-state index in [0.29, 0.717) is 34.8 Å². The van der Waals surface area contributed by atoms with E-state index < -0.39 is 22.1 Å². The molecule has 33 heavy (non-hydrogen) atoms. The highest BCUT2D eigenvalue weighted by Gasteiger charge is 2.29. The van der Waals surface area contributed by atoms with Gasteiger partial charge < -0.3 is 15.7 Å². The highest BCUT2D eigenvalue weighted by molar-refractivity contribution is 7.91. The molecule has 4 N–H and O–H groups in total. The number of halogens is 1. The van der Waals surface area contributed by atoms with Crippen molar-refractivity contribution in [1.29, 1.82) is 0 Å². The van der Waals surface area contributed by atoms with Gasteiger partial charge in [-0.05, 0) is 19.1 Å². The minimum Gasteiger partial charge on any atom is -0.382 e. The van der Waals surface area contributed by atoms with Crippen molar-refractivity contribution in [2.45, 2.75) is 19.2 Å². The fourth-order valence-electron chi connectivity index (χ4n) is 4.23. The Kier molecular flexibility index (Phi) is 5.40. The van der Waals surface area contributed by atoms with Gasteiger partial charge >= 0.3 is 0 Å². The molecule has 2 unspecified atom stereocenters. The number of hydrogen-bond donors (Lipinski definition) is 3. The van der Waals surface area contributed by atoms with Gasteiger partial charge in [-0.25, -0.2) is 22.9 Å². The van der Waals surface area contributed by atoms with Crippen LogP contribution in [0.1, 0.15) is 30.3 Å². The highest BCUT2D eigenvalue weighted by Crippen LogP contribution is 2.35. The number of nitrogens with zero attached hydrogens (tertiary/aromatic N) is 6. The molecule has 13 heteroatoms. The van der Waals surface area contributed by atoms with Crippen molar-refractivity contribution in [3.63, 3.8) is 0 Å². The molecule has 0 saturated carbocycles. The maximum absolute atomic E-state index is 12.0. The first-order valence-corrected chi connectivity index (χ1v) is 12.6. The SMILES string of the molecule is CC(NC(O)c1c(N)nn2cccnc12)c1cc(Cl)c2cncn2c1N1CCS(=O)(=O)CC1. The lowest BCUT2D eigenvalue weighted by molar-refractivity contribution is 0.128. The number of nitrogen functional groups attached to an aromatic ring is 1. The van der Waals surface area contributed by atoms with E-state index in [9.17, 15) is 13.5 Å². The van der Waals surface area contributed by atoms with Gasteiger partial charge in [-0.1, -0.05) is 11.6 Å². The maximum atomic E-state index is 12.0. The first-order valence-electron chi connectivity index (χ1n) is 10.4. The van der Waals surface area contributed by atoms with Crippen molar-refractivity contribution in [2.75, 3.05) is 35.2 Å². The molecule has 1 saturated heterocycles. The van der Waals surface area contributed by atoms with E-state index in [1.54, 1.807) is 31.0 Å². The zero-order chi connectivity index (χ0) is 23.3. The molecular weight excluding hydrogens is 468 g/mol. The summed E-state index contributed by atoms with van der Waals surface area (Å²) in [6, 6.07) is 3.15. The van der Waals surface area contributed by atoms with Gasteiger partial charge in [0.15, 0.2) is 21.3 Å². The number of pyridine rings is 1. The van der Waals surface area contributed by atoms with E-state index in [2.05, 4.69) is 20.4 Å². The van der Waals surface area contributed by atoms with Crippen LogP contribution in [0.15, 0.2) is 37.1 Å². The van der Waals surface area contributed by atoms with Gasteiger partial charge in [-0.3, -0.25) is 9.72 Å². The summed E-state index contributed by atoms with van der Waals surface area (Å²) in [4.78, 5) is 10.5. The van der Waals surface area contributed by atoms with Crippen molar-refractivity contribution >= 4 is 44.2 Å². The number of fused-ring (bicyclic) bond motifs is 2. The summed E-state index contributed by atoms with van der Waals surface area (Å²) in [6.45, 7) is 2.59. The number of rotatable bonds is 5. The standard InChI is InChI=1S/C20H23ClN8O3S/c1-12(25-19(30)16-17(22)26-29-4-2-3-24-18(16)29)13-9-14(21)15-10-23-11-28(15)20(13)27-5-7-33(31,32)8-6-27/h2-4,9-12,19,25,30H,5-8H2,1H3,(H2,22,26). The molecule has 0 aromatic carbocycles. The number of aromatic nitrogens is 5. The molecule has 1 aliphatic rings. The summed E-state index contributed by atoms with van der Waals surface area (Å²) in [6.07, 6.45) is 5.46. The third-order valence-corrected chi connectivity index (χ3v) is 7.81. The van der Waals surface area contributed by atoms with Crippen molar-refractivity contribution < 1.29 is 13.5 Å². The van der Waals surface area contributed by atoms with Crippen LogP contribution in [0.25, 0.3) is 11.2 Å². The summed E-state index contributed by atoms with van der Waals surface area (Å²) < 4.78 is 27.3. The predicted octanol–water partition coefficient (Wildman–Crippen LogP) is 1.19. The third kappa shape index (κ3) is 3.88. The normalized spacial score (nSPS) is 18.1. The molecule has 11 nitrogen and oxygen atoms in total. The lowest BCUT2D eigenvalue weighted by Gasteiger charge is -2.33. The second-order valence-electron chi connectivity index (χ2n) is 8.04. The first kappa shape index (κ1) is 21.9. The van der Waals surface area contributed by atoms with Gasteiger partial charge in [0.2, 0.25) is 0 Å². The van der Waals surface area contributed by atoms with Crippen molar-refractivity contribution in [2.24, 2.45) is 0 Å². The van der Waals surface area contributed by atoms with Crippen LogP contribution in [0.2, 0.25) is 5.02 Å². The van der Waals surface area contributed by atoms with Gasteiger partial charge in [0.25, 0.3) is 0 Å². The molecule has 2 atom stereocenters. The molecule has 4 aromatic heterocycles. The van der Waals surface area contributed by atoms with Gasteiger partial charge in [0, 0.05) is 37.1 Å². The summed E-state index contributed by atoms with van der Waals surface area (Å²) in [7, 11) is -3.06. The second-order valence-corrected chi connectivity index (χ2v) is 10.7. The fraction of sp³-hybridized carbons (Fsp3) is 0.350. The minimum absolute atomic E-state index is 0.0697. The molecule has 4 aromatic rings. The lowest BCUT2D eigenvalue weighted by Crippen LogP contribution is -2.42. The number of anilines is 2. The van der Waals surface area contributed by atoms with Gasteiger partial charge in [-0.15, -0.1) is 5.10 Å². The Labute approximate surface area is 194 Å².